The molecule has 2 fully saturated rings. The first-order valence-corrected chi connectivity index (χ1v) is 8.11. The van der Waals surface area contributed by atoms with Gasteiger partial charge in [-0.05, 0) is 36.8 Å². The van der Waals surface area contributed by atoms with Gasteiger partial charge >= 0.3 is 0 Å². The third kappa shape index (κ3) is 2.73. The second-order valence-corrected chi connectivity index (χ2v) is 6.43. The highest BCUT2D eigenvalue weighted by Gasteiger charge is 2.47. The molecule has 1 saturated heterocycles. The third-order valence-electron chi connectivity index (χ3n) is 4.93. The molecule has 2 aromatic rings. The number of amides is 1. The summed E-state index contributed by atoms with van der Waals surface area (Å²) in [6.07, 6.45) is 5.96. The second kappa shape index (κ2) is 5.76. The zero-order valence-electron chi connectivity index (χ0n) is 12.8. The molecule has 1 aliphatic carbocycles. The van der Waals surface area contributed by atoms with Crippen molar-refractivity contribution >= 4 is 5.91 Å². The van der Waals surface area contributed by atoms with E-state index < -0.39 is 0 Å². The average molecular weight is 314 g/mol. The highest BCUT2D eigenvalue weighted by atomic mass is 19.1. The minimum atomic E-state index is -0.202. The van der Waals surface area contributed by atoms with Gasteiger partial charge < -0.3 is 4.90 Å². The number of hydrogen-bond donors (Lipinski definition) is 0. The maximum Gasteiger partial charge on any atom is 0.226 e. The molecule has 0 bridgehead atoms. The molecule has 2 aliphatic rings. The van der Waals surface area contributed by atoms with Gasteiger partial charge in [0, 0.05) is 19.0 Å². The Bertz CT molecular complexity index is 702. The molecular formula is C17H19FN4O. The lowest BCUT2D eigenvalue weighted by Gasteiger charge is -2.32. The summed E-state index contributed by atoms with van der Waals surface area (Å²) >= 11 is 0. The summed E-state index contributed by atoms with van der Waals surface area (Å²) < 4.78 is 15.7. The van der Waals surface area contributed by atoms with E-state index in [0.717, 1.165) is 25.8 Å². The zero-order valence-corrected chi connectivity index (χ0v) is 12.8. The molecule has 120 valence electrons. The Morgan fingerprint density at radius 2 is 2.17 bits per heavy atom. The number of nitrogens with zero attached hydrogens (tertiary/aromatic N) is 4. The molecule has 1 amide bonds. The van der Waals surface area contributed by atoms with E-state index in [9.17, 15) is 9.18 Å². The van der Waals surface area contributed by atoms with Crippen LogP contribution in [-0.2, 0) is 4.79 Å². The quantitative estimate of drug-likeness (QED) is 0.874. The molecule has 1 saturated carbocycles. The first-order valence-electron chi connectivity index (χ1n) is 8.11. The van der Waals surface area contributed by atoms with Crippen LogP contribution < -0.4 is 0 Å². The van der Waals surface area contributed by atoms with Gasteiger partial charge in [-0.25, -0.2) is 14.1 Å². The van der Waals surface area contributed by atoms with Crippen molar-refractivity contribution in [3.05, 3.63) is 48.3 Å². The molecule has 5 nitrogen and oxygen atoms in total. The average Bonchev–Trinajstić information content (AvgIpc) is 3.17. The Labute approximate surface area is 134 Å². The lowest BCUT2D eigenvalue weighted by molar-refractivity contribution is -0.134. The molecule has 3 atom stereocenters. The monoisotopic (exact) mass is 314 g/mol. The van der Waals surface area contributed by atoms with Crippen molar-refractivity contribution in [2.24, 2.45) is 5.92 Å². The van der Waals surface area contributed by atoms with Gasteiger partial charge in [-0.15, -0.1) is 0 Å². The number of benzene rings is 1. The number of hydrogen-bond acceptors (Lipinski definition) is 3. The van der Waals surface area contributed by atoms with Gasteiger partial charge in [-0.2, -0.15) is 5.10 Å². The maximum atomic E-state index is 13.9. The van der Waals surface area contributed by atoms with Gasteiger partial charge in [-0.1, -0.05) is 18.2 Å². The van der Waals surface area contributed by atoms with Crippen LogP contribution in [-0.4, -0.2) is 38.7 Å². The van der Waals surface area contributed by atoms with E-state index in [1.807, 2.05) is 15.6 Å². The first kappa shape index (κ1) is 14.4. The van der Waals surface area contributed by atoms with Gasteiger partial charge in [0.15, 0.2) is 0 Å². The topological polar surface area (TPSA) is 51.0 Å². The van der Waals surface area contributed by atoms with Gasteiger partial charge in [0.25, 0.3) is 0 Å². The van der Waals surface area contributed by atoms with E-state index in [4.69, 9.17) is 0 Å². The maximum absolute atomic E-state index is 13.9. The van der Waals surface area contributed by atoms with E-state index in [0.29, 0.717) is 12.1 Å². The van der Waals surface area contributed by atoms with E-state index in [2.05, 4.69) is 10.1 Å². The van der Waals surface area contributed by atoms with E-state index in [1.54, 1.807) is 18.5 Å². The number of piperidine rings is 1. The van der Waals surface area contributed by atoms with Crippen molar-refractivity contribution < 1.29 is 9.18 Å². The highest BCUT2D eigenvalue weighted by molar-refractivity contribution is 5.83. The van der Waals surface area contributed by atoms with Crippen molar-refractivity contribution in [1.82, 2.24) is 19.7 Å². The van der Waals surface area contributed by atoms with Crippen LogP contribution >= 0.6 is 0 Å². The molecule has 0 unspecified atom stereocenters. The summed E-state index contributed by atoms with van der Waals surface area (Å²) in [7, 11) is 0. The van der Waals surface area contributed by atoms with Crippen LogP contribution in [0.15, 0.2) is 36.9 Å². The predicted octanol–water partition coefficient (Wildman–Crippen LogP) is 2.38. The standard InChI is InChI=1S/C17H19FN4O/c18-16-6-2-1-5-13(16)14-8-15(14)17(23)21-7-3-4-12(9-21)22-11-19-10-20-22/h1-2,5-6,10-12,14-15H,3-4,7-9H2/t12-,14+,15+/m0/s1. The molecule has 23 heavy (non-hydrogen) atoms. The third-order valence-corrected chi connectivity index (χ3v) is 4.93. The zero-order chi connectivity index (χ0) is 15.8. The number of carbonyl (C=O) groups excluding carboxylic acids is 1. The van der Waals surface area contributed by atoms with E-state index in [1.165, 1.54) is 12.4 Å². The molecule has 0 N–H and O–H groups in total. The molecule has 1 aromatic carbocycles. The lowest BCUT2D eigenvalue weighted by Crippen LogP contribution is -2.41. The highest BCUT2D eigenvalue weighted by Crippen LogP contribution is 2.49. The molecule has 0 spiro atoms. The summed E-state index contributed by atoms with van der Waals surface area (Å²) in [4.78, 5) is 18.6. The normalized spacial score (nSPS) is 27.0. The fourth-order valence-electron chi connectivity index (χ4n) is 3.60. The first-order chi connectivity index (χ1) is 11.2. The Morgan fingerprint density at radius 3 is 2.96 bits per heavy atom. The van der Waals surface area contributed by atoms with Crippen LogP contribution in [0.3, 0.4) is 0 Å². The van der Waals surface area contributed by atoms with Crippen LogP contribution in [0.25, 0.3) is 0 Å². The van der Waals surface area contributed by atoms with E-state index in [-0.39, 0.29) is 29.6 Å². The summed E-state index contributed by atoms with van der Waals surface area (Å²) in [5.41, 5.74) is 0.677. The Hall–Kier alpha value is -2.24. The van der Waals surface area contributed by atoms with Crippen molar-refractivity contribution in [2.75, 3.05) is 13.1 Å². The minimum absolute atomic E-state index is 0.0375. The van der Waals surface area contributed by atoms with E-state index >= 15 is 0 Å². The lowest BCUT2D eigenvalue weighted by atomic mass is 10.0. The summed E-state index contributed by atoms with van der Waals surface area (Å²) in [5.74, 6) is -0.0770. The van der Waals surface area contributed by atoms with Gasteiger partial charge in [0.2, 0.25) is 5.91 Å². The van der Waals surface area contributed by atoms with Crippen LogP contribution in [0.5, 0.6) is 0 Å². The summed E-state index contributed by atoms with van der Waals surface area (Å²) in [6.45, 7) is 1.45. The smallest absolute Gasteiger partial charge is 0.226 e. The van der Waals surface area contributed by atoms with Gasteiger partial charge in [0.05, 0.1) is 6.04 Å². The largest absolute Gasteiger partial charge is 0.340 e. The van der Waals surface area contributed by atoms with Crippen molar-refractivity contribution in [2.45, 2.75) is 31.2 Å². The fourth-order valence-corrected chi connectivity index (χ4v) is 3.60. The number of likely N-dealkylation sites (tertiary alicyclic amines) is 1. The molecule has 4 rings (SSSR count). The number of halogens is 1. The van der Waals surface area contributed by atoms with Crippen molar-refractivity contribution in [3.63, 3.8) is 0 Å². The Morgan fingerprint density at radius 1 is 1.30 bits per heavy atom. The molecular weight excluding hydrogens is 295 g/mol. The van der Waals surface area contributed by atoms with Crippen LogP contribution in [0.1, 0.15) is 36.8 Å². The summed E-state index contributed by atoms with van der Waals surface area (Å²) in [6, 6.07) is 6.98. The number of carbonyl (C=O) groups is 1. The van der Waals surface area contributed by atoms with Crippen molar-refractivity contribution in [3.8, 4) is 0 Å². The number of rotatable bonds is 3. The van der Waals surface area contributed by atoms with Gasteiger partial charge in [-0.3, -0.25) is 4.79 Å². The van der Waals surface area contributed by atoms with Crippen LogP contribution in [0, 0.1) is 11.7 Å². The van der Waals surface area contributed by atoms with Gasteiger partial charge in [0.1, 0.15) is 18.5 Å². The molecule has 2 heterocycles. The Balaban J connectivity index is 1.43. The van der Waals surface area contributed by atoms with Crippen molar-refractivity contribution in [1.29, 1.82) is 0 Å². The SMILES string of the molecule is O=C([C@@H]1C[C@@H]1c1ccccc1F)N1CCC[C@H](n2cncn2)C1. The van der Waals surface area contributed by atoms with Crippen LogP contribution in [0.2, 0.25) is 0 Å². The molecule has 6 heteroatoms. The molecule has 1 aromatic heterocycles. The van der Waals surface area contributed by atoms with Crippen LogP contribution in [0.4, 0.5) is 4.39 Å². The molecule has 1 aliphatic heterocycles. The predicted molar refractivity (Wildman–Crippen MR) is 82.1 cm³/mol. The fraction of sp³-hybridized carbons (Fsp3) is 0.471. The summed E-state index contributed by atoms with van der Waals surface area (Å²) in [5, 5.41) is 4.19. The Kier molecular flexibility index (Phi) is 3.59. The molecule has 0 radical (unpaired) electrons. The second-order valence-electron chi connectivity index (χ2n) is 6.43. The number of aromatic nitrogens is 3. The minimum Gasteiger partial charge on any atom is -0.340 e.